The van der Waals surface area contributed by atoms with Gasteiger partial charge in [0.15, 0.2) is 0 Å². The van der Waals surface area contributed by atoms with Gasteiger partial charge in [-0.25, -0.2) is 4.98 Å². The van der Waals surface area contributed by atoms with E-state index in [0.717, 1.165) is 41.2 Å². The Labute approximate surface area is 217 Å². The topological polar surface area (TPSA) is 67.5 Å². The van der Waals surface area contributed by atoms with Crippen LogP contribution in [0.2, 0.25) is 0 Å². The molecule has 0 radical (unpaired) electrons. The van der Waals surface area contributed by atoms with Gasteiger partial charge < -0.3 is 19.6 Å². The number of rotatable bonds is 11. The van der Waals surface area contributed by atoms with Crippen LogP contribution in [0.25, 0.3) is 11.5 Å². The van der Waals surface area contributed by atoms with Gasteiger partial charge in [-0.3, -0.25) is 0 Å². The third-order valence-corrected chi connectivity index (χ3v) is 6.36. The largest absolute Gasteiger partial charge is 0.507 e. The monoisotopic (exact) mass is 492 g/mol. The molecular formula is C31H44N2O3. The molecule has 2 N–H and O–H groups in total. The lowest BCUT2D eigenvalue weighted by molar-refractivity contribution is 0.320. The Morgan fingerprint density at radius 1 is 0.944 bits per heavy atom. The number of aromatic nitrogens is 1. The summed E-state index contributed by atoms with van der Waals surface area (Å²) in [5, 5.41) is 14.5. The lowest BCUT2D eigenvalue weighted by Crippen LogP contribution is -2.17. The molecule has 0 spiro atoms. The standard InChI is InChI=1S/C31H44N2O3/c1-8-9-10-16-32-20-22-11-13-25(14-12-22)35-17-15-24-21-36-29(33-24)23-18-26(30(2,3)4)28(34)27(19-23)31(5,6)7/h11-14,18-19,21,32,34H,8-10,15-17,20H2,1-7H3. The second-order valence-electron chi connectivity index (χ2n) is 11.7. The third kappa shape index (κ3) is 7.60. The minimum atomic E-state index is -0.204. The van der Waals surface area contributed by atoms with E-state index >= 15 is 0 Å². The van der Waals surface area contributed by atoms with Crippen LogP contribution >= 0.6 is 0 Å². The molecule has 0 aliphatic rings. The van der Waals surface area contributed by atoms with Gasteiger partial charge >= 0.3 is 0 Å². The van der Waals surface area contributed by atoms with E-state index in [9.17, 15) is 5.11 Å². The summed E-state index contributed by atoms with van der Waals surface area (Å²) in [7, 11) is 0. The summed E-state index contributed by atoms with van der Waals surface area (Å²) in [6, 6.07) is 12.3. The molecule has 1 aromatic heterocycles. The predicted octanol–water partition coefficient (Wildman–Crippen LogP) is 7.54. The maximum atomic E-state index is 11.0. The van der Waals surface area contributed by atoms with Crippen LogP contribution in [0.5, 0.6) is 11.5 Å². The molecule has 36 heavy (non-hydrogen) atoms. The van der Waals surface area contributed by atoms with E-state index in [1.165, 1.54) is 24.8 Å². The summed E-state index contributed by atoms with van der Waals surface area (Å²) >= 11 is 0. The molecule has 0 unspecified atom stereocenters. The van der Waals surface area contributed by atoms with E-state index in [1.807, 2.05) is 24.3 Å². The van der Waals surface area contributed by atoms with Crippen molar-refractivity contribution in [1.29, 1.82) is 0 Å². The number of oxazole rings is 1. The Kier molecular flexibility index (Phi) is 9.24. The molecule has 0 aliphatic carbocycles. The van der Waals surface area contributed by atoms with Crippen molar-refractivity contribution >= 4 is 0 Å². The molecule has 1 heterocycles. The van der Waals surface area contributed by atoms with E-state index in [1.54, 1.807) is 6.26 Å². The number of hydrogen-bond acceptors (Lipinski definition) is 5. The fraction of sp³-hybridized carbons (Fsp3) is 0.516. The van der Waals surface area contributed by atoms with Crippen LogP contribution in [0.3, 0.4) is 0 Å². The second-order valence-corrected chi connectivity index (χ2v) is 11.7. The molecule has 0 saturated heterocycles. The molecule has 0 fully saturated rings. The van der Waals surface area contributed by atoms with E-state index in [2.05, 4.69) is 65.9 Å². The van der Waals surface area contributed by atoms with Gasteiger partial charge in [0.1, 0.15) is 17.8 Å². The first-order chi connectivity index (χ1) is 17.0. The molecule has 0 atom stereocenters. The van der Waals surface area contributed by atoms with Crippen molar-refractivity contribution in [1.82, 2.24) is 10.3 Å². The number of phenols is 1. The minimum absolute atomic E-state index is 0.204. The first-order valence-electron chi connectivity index (χ1n) is 13.2. The molecule has 0 amide bonds. The molecular weight excluding hydrogens is 448 g/mol. The highest BCUT2D eigenvalue weighted by Crippen LogP contribution is 2.41. The van der Waals surface area contributed by atoms with E-state index in [0.29, 0.717) is 24.7 Å². The Hall–Kier alpha value is -2.79. The SMILES string of the molecule is CCCCCNCc1ccc(OCCc2coc(-c3cc(C(C)(C)C)c(O)c(C(C)(C)C)c3)n2)cc1. The predicted molar refractivity (Wildman–Crippen MR) is 148 cm³/mol. The van der Waals surface area contributed by atoms with E-state index < -0.39 is 0 Å². The first kappa shape index (κ1) is 27.8. The van der Waals surface area contributed by atoms with Crippen LogP contribution in [0, 0.1) is 0 Å². The highest BCUT2D eigenvalue weighted by atomic mass is 16.5. The van der Waals surface area contributed by atoms with Crippen LogP contribution in [0.15, 0.2) is 47.1 Å². The van der Waals surface area contributed by atoms with Gasteiger partial charge in [-0.15, -0.1) is 0 Å². The van der Waals surface area contributed by atoms with Gasteiger partial charge in [0.25, 0.3) is 0 Å². The van der Waals surface area contributed by atoms with Crippen molar-refractivity contribution in [2.45, 2.75) is 91.5 Å². The zero-order chi connectivity index (χ0) is 26.3. The van der Waals surface area contributed by atoms with Crippen molar-refractivity contribution in [2.75, 3.05) is 13.2 Å². The Balaban J connectivity index is 1.61. The van der Waals surface area contributed by atoms with Gasteiger partial charge in [0.2, 0.25) is 5.89 Å². The molecule has 196 valence electrons. The number of unbranched alkanes of at least 4 members (excludes halogenated alkanes) is 2. The van der Waals surface area contributed by atoms with Crippen LogP contribution < -0.4 is 10.1 Å². The highest BCUT2D eigenvalue weighted by molar-refractivity contribution is 5.63. The molecule has 0 bridgehead atoms. The molecule has 0 saturated carbocycles. The van der Waals surface area contributed by atoms with E-state index in [4.69, 9.17) is 14.1 Å². The minimum Gasteiger partial charge on any atom is -0.507 e. The zero-order valence-electron chi connectivity index (χ0n) is 23.2. The van der Waals surface area contributed by atoms with Gasteiger partial charge in [0.05, 0.1) is 12.3 Å². The maximum absolute atomic E-state index is 11.0. The fourth-order valence-electron chi connectivity index (χ4n) is 4.17. The fourth-order valence-corrected chi connectivity index (χ4v) is 4.17. The Morgan fingerprint density at radius 2 is 1.58 bits per heavy atom. The number of hydrogen-bond donors (Lipinski definition) is 2. The third-order valence-electron chi connectivity index (χ3n) is 6.36. The van der Waals surface area contributed by atoms with Crippen LogP contribution in [0.4, 0.5) is 0 Å². The van der Waals surface area contributed by atoms with Crippen LogP contribution in [0.1, 0.15) is 90.1 Å². The normalized spacial score (nSPS) is 12.2. The molecule has 0 aliphatic heterocycles. The van der Waals surface area contributed by atoms with Crippen molar-refractivity contribution in [3.63, 3.8) is 0 Å². The number of benzene rings is 2. The van der Waals surface area contributed by atoms with Crippen molar-refractivity contribution in [2.24, 2.45) is 0 Å². The van der Waals surface area contributed by atoms with Gasteiger partial charge in [-0.05, 0) is 53.6 Å². The van der Waals surface area contributed by atoms with Gasteiger partial charge in [-0.1, -0.05) is 73.4 Å². The second kappa shape index (κ2) is 12.0. The lowest BCUT2D eigenvalue weighted by Gasteiger charge is -2.27. The Morgan fingerprint density at radius 3 is 2.17 bits per heavy atom. The summed E-state index contributed by atoms with van der Waals surface area (Å²) in [6.45, 7) is 17.3. The summed E-state index contributed by atoms with van der Waals surface area (Å²) in [6.07, 6.45) is 6.10. The number of nitrogens with zero attached hydrogens (tertiary/aromatic N) is 1. The highest BCUT2D eigenvalue weighted by Gasteiger charge is 2.27. The Bertz CT molecular complexity index is 1070. The molecule has 5 nitrogen and oxygen atoms in total. The lowest BCUT2D eigenvalue weighted by atomic mass is 9.78. The van der Waals surface area contributed by atoms with Crippen LogP contribution in [-0.4, -0.2) is 23.2 Å². The summed E-state index contributed by atoms with van der Waals surface area (Å²) in [4.78, 5) is 4.72. The molecule has 3 aromatic rings. The quantitative estimate of drug-likeness (QED) is 0.271. The average molecular weight is 493 g/mol. The average Bonchev–Trinajstić information content (AvgIpc) is 3.27. The number of nitrogens with one attached hydrogen (secondary N) is 1. The molecule has 2 aromatic carbocycles. The summed E-state index contributed by atoms with van der Waals surface area (Å²) in [5.41, 5.74) is 4.38. The summed E-state index contributed by atoms with van der Waals surface area (Å²) in [5.74, 6) is 1.78. The van der Waals surface area contributed by atoms with Crippen molar-refractivity contribution < 1.29 is 14.3 Å². The maximum Gasteiger partial charge on any atom is 0.226 e. The number of ether oxygens (including phenoxy) is 1. The molecule has 5 heteroatoms. The van der Waals surface area contributed by atoms with Gasteiger partial charge in [-0.2, -0.15) is 0 Å². The smallest absolute Gasteiger partial charge is 0.226 e. The zero-order valence-corrected chi connectivity index (χ0v) is 23.2. The molecule has 3 rings (SSSR count). The van der Waals surface area contributed by atoms with E-state index in [-0.39, 0.29) is 10.8 Å². The number of aromatic hydroxyl groups is 1. The number of phenolic OH excluding ortho intramolecular Hbond substituents is 1. The van der Waals surface area contributed by atoms with Crippen molar-refractivity contribution in [3.05, 3.63) is 65.0 Å². The summed E-state index contributed by atoms with van der Waals surface area (Å²) < 4.78 is 11.8. The van der Waals surface area contributed by atoms with Crippen molar-refractivity contribution in [3.8, 4) is 23.0 Å². The van der Waals surface area contributed by atoms with Gasteiger partial charge in [0, 0.05) is 29.7 Å². The first-order valence-corrected chi connectivity index (χ1v) is 13.2. The van der Waals surface area contributed by atoms with Crippen LogP contribution in [-0.2, 0) is 23.8 Å².